The number of carbonyl (C=O) groups is 3. The summed E-state index contributed by atoms with van der Waals surface area (Å²) in [5, 5.41) is 2.40. The molecule has 2 unspecified atom stereocenters. The molecule has 2 saturated carbocycles. The van der Waals surface area contributed by atoms with E-state index in [4.69, 9.17) is 25.8 Å². The lowest BCUT2D eigenvalue weighted by atomic mass is 10.0. The number of nitrogens with one attached hydrogen (secondary N) is 1. The Hall–Kier alpha value is -3.80. The van der Waals surface area contributed by atoms with Crippen molar-refractivity contribution in [2.45, 2.75) is 132 Å². The van der Waals surface area contributed by atoms with Crippen molar-refractivity contribution in [1.29, 1.82) is 0 Å². The minimum Gasteiger partial charge on any atom is -0.488 e. The number of amides is 2. The van der Waals surface area contributed by atoms with Gasteiger partial charge >= 0.3 is 6.09 Å². The molecule has 2 aliphatic carbocycles. The number of benzene rings is 2. The van der Waals surface area contributed by atoms with Gasteiger partial charge in [-0.25, -0.2) is 18.6 Å². The number of hydrogen-bond donors (Lipinski definition) is 2. The van der Waals surface area contributed by atoms with Crippen molar-refractivity contribution in [3.8, 4) is 11.6 Å². The number of carbonyl (C=O) groups excluding carboxylic acids is 3. The van der Waals surface area contributed by atoms with Crippen LogP contribution < -0.4 is 14.8 Å². The maximum Gasteiger partial charge on any atom is 0.408 e. The summed E-state index contributed by atoms with van der Waals surface area (Å²) < 4.78 is 62.1. The molecule has 0 spiro atoms. The maximum absolute atomic E-state index is 14.9. The first-order valence-corrected chi connectivity index (χ1v) is 22.5. The standard InChI is InChI=1S/C42H51ClF2N3O8P/c1-2-54-38-21-37(29-15-10-16-31(43)39(29)47-38)55-28-20-35-36(49)23-42(57(52,53)25-30-32(44)17-11-18-33(30)45)22-26(42)12-6-4-3-5-7-19-34(40(50)48(35)24-28)46-41(51)56-27-13-8-9-14-27/h10-11,15-18,21,26-28,34-35H,2-9,12-14,19-20,22-25H2,1H3,(H,46,51)(H,52,53)/t26-,28?,34+,35+,42-/m1/s1. The van der Waals surface area contributed by atoms with Crippen molar-refractivity contribution in [3.05, 3.63) is 64.7 Å². The maximum atomic E-state index is 14.9. The Bertz CT molecular complexity index is 2010. The summed E-state index contributed by atoms with van der Waals surface area (Å²) in [5.74, 6) is -2.40. The minimum atomic E-state index is -4.41. The van der Waals surface area contributed by atoms with Gasteiger partial charge < -0.3 is 29.3 Å². The molecule has 0 bridgehead atoms. The fourth-order valence-corrected chi connectivity index (χ4v) is 12.0. The summed E-state index contributed by atoms with van der Waals surface area (Å²) in [6.07, 6.45) is 5.81. The first-order chi connectivity index (χ1) is 27.4. The summed E-state index contributed by atoms with van der Waals surface area (Å²) in [6, 6.07) is 8.14. The Labute approximate surface area is 336 Å². The van der Waals surface area contributed by atoms with E-state index >= 15 is 0 Å². The smallest absolute Gasteiger partial charge is 0.408 e. The number of rotatable bonds is 9. The number of Topliss-reactive ketones (excluding diaryl/α,β-unsaturated/α-hetero) is 1. The quantitative estimate of drug-likeness (QED) is 0.202. The summed E-state index contributed by atoms with van der Waals surface area (Å²) in [6.45, 7) is 2.14. The molecule has 2 amide bonds. The van der Waals surface area contributed by atoms with E-state index in [9.17, 15) is 32.6 Å². The van der Waals surface area contributed by atoms with Gasteiger partial charge in [0.25, 0.3) is 0 Å². The van der Waals surface area contributed by atoms with Crippen LogP contribution in [0, 0.1) is 17.6 Å². The Kier molecular flexibility index (Phi) is 12.8. The van der Waals surface area contributed by atoms with Crippen molar-refractivity contribution in [2.75, 3.05) is 13.2 Å². The van der Waals surface area contributed by atoms with Gasteiger partial charge in [0.2, 0.25) is 19.2 Å². The van der Waals surface area contributed by atoms with Gasteiger partial charge in [-0.3, -0.25) is 14.2 Å². The predicted octanol–water partition coefficient (Wildman–Crippen LogP) is 8.88. The zero-order valence-corrected chi connectivity index (χ0v) is 33.9. The highest BCUT2D eigenvalue weighted by Gasteiger charge is 2.66. The minimum absolute atomic E-state index is 0.0207. The van der Waals surface area contributed by atoms with Gasteiger partial charge in [-0.05, 0) is 82.1 Å². The van der Waals surface area contributed by atoms with Crippen LogP contribution in [0.1, 0.15) is 102 Å². The van der Waals surface area contributed by atoms with Crippen LogP contribution in [0.25, 0.3) is 10.9 Å². The SMILES string of the molecule is CCOc1cc(OC2C[C@H]3C(=O)C[C@]4(P(=O)(O)Cc5c(F)cccc5F)C[C@H]4CCCCCCC[C@H](NC(=O)OC4CCCC4)C(=O)N3C2)c2cccc(Cl)c2n1. The molecule has 3 aromatic rings. The van der Waals surface area contributed by atoms with Crippen molar-refractivity contribution >= 4 is 47.7 Å². The van der Waals surface area contributed by atoms with Gasteiger partial charge in [-0.1, -0.05) is 55.8 Å². The van der Waals surface area contributed by atoms with Crippen LogP contribution in [0.5, 0.6) is 11.6 Å². The van der Waals surface area contributed by atoms with Crippen LogP contribution in [0.15, 0.2) is 42.5 Å². The van der Waals surface area contributed by atoms with Gasteiger partial charge in [0.1, 0.15) is 35.6 Å². The second-order valence-electron chi connectivity index (χ2n) is 16.1. The molecule has 11 nitrogen and oxygen atoms in total. The second kappa shape index (κ2) is 17.6. The van der Waals surface area contributed by atoms with Crippen LogP contribution in [0.4, 0.5) is 13.6 Å². The number of para-hydroxylation sites is 1. The average molecular weight is 830 g/mol. The Morgan fingerprint density at radius 2 is 1.68 bits per heavy atom. The van der Waals surface area contributed by atoms with Gasteiger partial charge in [0, 0.05) is 29.9 Å². The number of alkyl carbamates (subject to hydrolysis) is 1. The Morgan fingerprint density at radius 1 is 1.00 bits per heavy atom. The van der Waals surface area contributed by atoms with E-state index in [0.717, 1.165) is 63.5 Å². The lowest BCUT2D eigenvalue weighted by Crippen LogP contribution is -2.52. The van der Waals surface area contributed by atoms with Crippen LogP contribution >= 0.6 is 19.0 Å². The fourth-order valence-electron chi connectivity index (χ4n) is 9.13. The monoisotopic (exact) mass is 829 g/mol. The van der Waals surface area contributed by atoms with Crippen LogP contribution in [-0.4, -0.2) is 75.2 Å². The predicted molar refractivity (Wildman–Crippen MR) is 211 cm³/mol. The summed E-state index contributed by atoms with van der Waals surface area (Å²) in [4.78, 5) is 60.3. The first kappa shape index (κ1) is 41.4. The van der Waals surface area contributed by atoms with E-state index in [1.54, 1.807) is 24.3 Å². The van der Waals surface area contributed by atoms with E-state index in [2.05, 4.69) is 10.3 Å². The zero-order valence-electron chi connectivity index (χ0n) is 32.2. The highest BCUT2D eigenvalue weighted by Crippen LogP contribution is 2.75. The van der Waals surface area contributed by atoms with Crippen molar-refractivity contribution in [1.82, 2.24) is 15.2 Å². The molecule has 2 N–H and O–H groups in total. The third-order valence-corrected chi connectivity index (χ3v) is 15.4. The number of hydrogen-bond acceptors (Lipinski definition) is 8. The Balaban J connectivity index is 1.21. The molecule has 15 heteroatoms. The van der Waals surface area contributed by atoms with E-state index in [1.807, 2.05) is 6.92 Å². The number of halogens is 3. The molecule has 2 aliphatic heterocycles. The highest BCUT2D eigenvalue weighted by atomic mass is 35.5. The lowest BCUT2D eigenvalue weighted by Gasteiger charge is -2.30. The van der Waals surface area contributed by atoms with Crippen LogP contribution in [-0.2, 0) is 25.1 Å². The van der Waals surface area contributed by atoms with Gasteiger partial charge in [-0.2, -0.15) is 0 Å². The number of aromatic nitrogens is 1. The molecule has 6 atom stereocenters. The molecule has 7 rings (SSSR count). The fraction of sp³-hybridized carbons (Fsp3) is 0.571. The molecule has 1 aromatic heterocycles. The van der Waals surface area contributed by atoms with Gasteiger partial charge in [-0.15, -0.1) is 0 Å². The van der Waals surface area contributed by atoms with Gasteiger partial charge in [0.05, 0.1) is 41.1 Å². The molecule has 57 heavy (non-hydrogen) atoms. The third kappa shape index (κ3) is 9.10. The largest absolute Gasteiger partial charge is 0.488 e. The molecular formula is C42H51ClF2N3O8P. The lowest BCUT2D eigenvalue weighted by molar-refractivity contribution is -0.139. The number of ether oxygens (including phenoxy) is 3. The van der Waals surface area contributed by atoms with Crippen molar-refractivity contribution in [3.63, 3.8) is 0 Å². The van der Waals surface area contributed by atoms with E-state index in [-0.39, 0.29) is 43.7 Å². The molecule has 0 radical (unpaired) electrons. The number of ketones is 1. The van der Waals surface area contributed by atoms with E-state index < -0.39 is 71.9 Å². The highest BCUT2D eigenvalue weighted by molar-refractivity contribution is 7.59. The first-order valence-electron chi connectivity index (χ1n) is 20.3. The molecule has 4 fully saturated rings. The average Bonchev–Trinajstić information content (AvgIpc) is 3.43. The third-order valence-electron chi connectivity index (χ3n) is 12.3. The van der Waals surface area contributed by atoms with E-state index in [0.29, 0.717) is 47.5 Å². The van der Waals surface area contributed by atoms with Crippen molar-refractivity contribution in [2.24, 2.45) is 5.92 Å². The molecule has 2 saturated heterocycles. The normalized spacial score (nSPS) is 27.1. The summed E-state index contributed by atoms with van der Waals surface area (Å²) in [5.41, 5.74) is -0.0239. The van der Waals surface area contributed by atoms with Gasteiger partial charge in [0.15, 0.2) is 5.78 Å². The molecular weight excluding hydrogens is 779 g/mol. The van der Waals surface area contributed by atoms with Crippen molar-refractivity contribution < 1.29 is 46.8 Å². The molecule has 308 valence electrons. The topological polar surface area (TPSA) is 144 Å². The molecule has 2 aromatic carbocycles. The van der Waals surface area contributed by atoms with Crippen LogP contribution in [0.3, 0.4) is 0 Å². The number of pyridine rings is 1. The second-order valence-corrected chi connectivity index (χ2v) is 19.1. The number of nitrogens with zero attached hydrogens (tertiary/aromatic N) is 2. The molecule has 3 heterocycles. The Morgan fingerprint density at radius 3 is 2.42 bits per heavy atom. The summed E-state index contributed by atoms with van der Waals surface area (Å²) >= 11 is 6.53. The summed E-state index contributed by atoms with van der Waals surface area (Å²) in [7, 11) is -4.41. The molecule has 4 aliphatic rings. The van der Waals surface area contributed by atoms with Crippen LogP contribution in [0.2, 0.25) is 5.02 Å². The zero-order chi connectivity index (χ0) is 40.3. The number of fused-ring (bicyclic) bond motifs is 3. The van der Waals surface area contributed by atoms with E-state index in [1.165, 1.54) is 11.0 Å².